The first kappa shape index (κ1) is 18.6. The first-order valence-corrected chi connectivity index (χ1v) is 9.80. The molecule has 146 valence electrons. The molecule has 1 fully saturated rings. The van der Waals surface area contributed by atoms with Crippen molar-refractivity contribution in [1.82, 2.24) is 0 Å². The monoisotopic (exact) mass is 377 g/mol. The van der Waals surface area contributed by atoms with Gasteiger partial charge in [0, 0.05) is 16.6 Å². The molecular formula is C24H27NO3. The number of fused-ring (bicyclic) bond motifs is 1. The molecule has 4 rings (SSSR count). The van der Waals surface area contributed by atoms with E-state index in [-0.39, 0.29) is 18.7 Å². The Labute approximate surface area is 166 Å². The molecule has 0 aliphatic carbocycles. The summed E-state index contributed by atoms with van der Waals surface area (Å²) < 4.78 is 5.52. The molecule has 0 unspecified atom stereocenters. The van der Waals surface area contributed by atoms with Crippen molar-refractivity contribution in [2.45, 2.75) is 38.8 Å². The van der Waals surface area contributed by atoms with Crippen LogP contribution in [-0.2, 0) is 0 Å². The third-order valence-corrected chi connectivity index (χ3v) is 5.95. The van der Waals surface area contributed by atoms with E-state index in [9.17, 15) is 10.2 Å². The Bertz CT molecular complexity index is 991. The Morgan fingerprint density at radius 2 is 1.75 bits per heavy atom. The Hall–Kier alpha value is -2.72. The summed E-state index contributed by atoms with van der Waals surface area (Å²) in [4.78, 5) is 2.27. The van der Waals surface area contributed by atoms with Crippen LogP contribution in [0.4, 0.5) is 5.69 Å². The normalized spacial score (nSPS) is 19.4. The summed E-state index contributed by atoms with van der Waals surface area (Å²) in [5, 5.41) is 22.9. The van der Waals surface area contributed by atoms with Crippen LogP contribution in [-0.4, -0.2) is 30.0 Å². The second kappa shape index (κ2) is 7.36. The number of hydrogen-bond acceptors (Lipinski definition) is 4. The lowest BCUT2D eigenvalue weighted by Gasteiger charge is -2.33. The SMILES string of the molecule is COc1c(C)cc(N2[C@@H](CO)CC[C@H]2c2ccc3ccccc3c2O)cc1C. The van der Waals surface area contributed by atoms with Crippen molar-refractivity contribution in [2.75, 3.05) is 18.6 Å². The number of aryl methyl sites for hydroxylation is 2. The summed E-state index contributed by atoms with van der Waals surface area (Å²) in [6.07, 6.45) is 1.78. The van der Waals surface area contributed by atoms with Gasteiger partial charge >= 0.3 is 0 Å². The fraction of sp³-hybridized carbons (Fsp3) is 0.333. The van der Waals surface area contributed by atoms with Crippen molar-refractivity contribution in [2.24, 2.45) is 0 Å². The number of aliphatic hydroxyl groups is 1. The predicted octanol–water partition coefficient (Wildman–Crippen LogP) is 4.87. The van der Waals surface area contributed by atoms with Crippen LogP contribution in [0.15, 0.2) is 48.5 Å². The van der Waals surface area contributed by atoms with Crippen LogP contribution in [0.25, 0.3) is 10.8 Å². The van der Waals surface area contributed by atoms with Gasteiger partial charge in [0.1, 0.15) is 11.5 Å². The fourth-order valence-electron chi connectivity index (χ4n) is 4.70. The van der Waals surface area contributed by atoms with Gasteiger partial charge in [0.25, 0.3) is 0 Å². The number of ether oxygens (including phenoxy) is 1. The van der Waals surface area contributed by atoms with Gasteiger partial charge in [-0.05, 0) is 55.3 Å². The van der Waals surface area contributed by atoms with Gasteiger partial charge in [-0.15, -0.1) is 0 Å². The highest BCUT2D eigenvalue weighted by Crippen LogP contribution is 2.45. The second-order valence-electron chi connectivity index (χ2n) is 7.67. The maximum Gasteiger partial charge on any atom is 0.128 e. The number of aromatic hydroxyl groups is 1. The van der Waals surface area contributed by atoms with Crippen LogP contribution < -0.4 is 9.64 Å². The van der Waals surface area contributed by atoms with Crippen LogP contribution >= 0.6 is 0 Å². The number of anilines is 1. The highest BCUT2D eigenvalue weighted by atomic mass is 16.5. The number of aliphatic hydroxyl groups excluding tert-OH is 1. The van der Waals surface area contributed by atoms with Gasteiger partial charge < -0.3 is 19.8 Å². The van der Waals surface area contributed by atoms with Gasteiger partial charge in [0.15, 0.2) is 0 Å². The van der Waals surface area contributed by atoms with Crippen LogP contribution in [0.2, 0.25) is 0 Å². The predicted molar refractivity (Wildman–Crippen MR) is 113 cm³/mol. The van der Waals surface area contributed by atoms with Crippen molar-refractivity contribution in [1.29, 1.82) is 0 Å². The molecule has 1 aliphatic heterocycles. The molecule has 0 radical (unpaired) electrons. The number of rotatable bonds is 4. The smallest absolute Gasteiger partial charge is 0.128 e. The summed E-state index contributed by atoms with van der Waals surface area (Å²) >= 11 is 0. The molecule has 1 aliphatic rings. The number of nitrogens with zero attached hydrogens (tertiary/aromatic N) is 1. The summed E-state index contributed by atoms with van der Waals surface area (Å²) in [6, 6.07) is 16.3. The van der Waals surface area contributed by atoms with Gasteiger partial charge in [0.05, 0.1) is 25.8 Å². The summed E-state index contributed by atoms with van der Waals surface area (Å²) in [7, 11) is 1.69. The molecule has 1 heterocycles. The maximum atomic E-state index is 11.0. The van der Waals surface area contributed by atoms with E-state index >= 15 is 0 Å². The topological polar surface area (TPSA) is 52.9 Å². The number of methoxy groups -OCH3 is 1. The van der Waals surface area contributed by atoms with E-state index < -0.39 is 0 Å². The molecular weight excluding hydrogens is 350 g/mol. The van der Waals surface area contributed by atoms with Crippen LogP contribution in [0, 0.1) is 13.8 Å². The van der Waals surface area contributed by atoms with E-state index in [1.165, 1.54) is 0 Å². The summed E-state index contributed by atoms with van der Waals surface area (Å²) in [5.41, 5.74) is 4.12. The zero-order chi connectivity index (χ0) is 19.8. The standard InChI is InChI=1S/C24H27NO3/c1-15-12-19(13-16(2)24(15)28-3)25-18(14-26)9-11-22(25)21-10-8-17-6-4-5-7-20(17)23(21)27/h4-8,10,12-13,18,22,26-27H,9,11,14H2,1-3H3/t18-,22+/m1/s1. The molecule has 0 aromatic heterocycles. The molecule has 3 aromatic carbocycles. The highest BCUT2D eigenvalue weighted by Gasteiger charge is 2.36. The van der Waals surface area contributed by atoms with E-state index in [2.05, 4.69) is 23.1 Å². The molecule has 1 saturated heterocycles. The van der Waals surface area contributed by atoms with E-state index in [1.807, 2.05) is 44.2 Å². The van der Waals surface area contributed by atoms with Crippen molar-refractivity contribution in [3.05, 3.63) is 65.2 Å². The fourth-order valence-corrected chi connectivity index (χ4v) is 4.70. The van der Waals surface area contributed by atoms with Crippen molar-refractivity contribution in [3.8, 4) is 11.5 Å². The number of phenolic OH excluding ortho intramolecular Hbond substituents is 1. The van der Waals surface area contributed by atoms with Gasteiger partial charge in [-0.2, -0.15) is 0 Å². The molecule has 0 saturated carbocycles. The molecule has 0 amide bonds. The van der Waals surface area contributed by atoms with Gasteiger partial charge in [-0.3, -0.25) is 0 Å². The Morgan fingerprint density at radius 3 is 2.43 bits per heavy atom. The van der Waals surface area contributed by atoms with Crippen molar-refractivity contribution in [3.63, 3.8) is 0 Å². The van der Waals surface area contributed by atoms with Crippen LogP contribution in [0.3, 0.4) is 0 Å². The minimum atomic E-state index is 0.0222. The first-order chi connectivity index (χ1) is 13.5. The number of benzene rings is 3. The molecule has 4 heteroatoms. The molecule has 28 heavy (non-hydrogen) atoms. The van der Waals surface area contributed by atoms with Gasteiger partial charge in [0.2, 0.25) is 0 Å². The third-order valence-electron chi connectivity index (χ3n) is 5.95. The van der Waals surface area contributed by atoms with E-state index in [1.54, 1.807) is 7.11 Å². The molecule has 4 nitrogen and oxygen atoms in total. The average molecular weight is 377 g/mol. The lowest BCUT2D eigenvalue weighted by Crippen LogP contribution is -2.34. The molecule has 0 spiro atoms. The number of phenols is 1. The lowest BCUT2D eigenvalue weighted by atomic mass is 9.98. The number of hydrogen-bond donors (Lipinski definition) is 2. The van der Waals surface area contributed by atoms with Crippen LogP contribution in [0.1, 0.15) is 35.6 Å². The largest absolute Gasteiger partial charge is 0.507 e. The van der Waals surface area contributed by atoms with E-state index in [4.69, 9.17) is 4.74 Å². The average Bonchev–Trinajstić information content (AvgIpc) is 3.12. The quantitative estimate of drug-likeness (QED) is 0.681. The Balaban J connectivity index is 1.82. The van der Waals surface area contributed by atoms with Crippen molar-refractivity contribution >= 4 is 16.5 Å². The molecule has 2 atom stereocenters. The van der Waals surface area contributed by atoms with E-state index in [0.29, 0.717) is 5.75 Å². The lowest BCUT2D eigenvalue weighted by molar-refractivity contribution is 0.265. The zero-order valence-electron chi connectivity index (χ0n) is 16.6. The summed E-state index contributed by atoms with van der Waals surface area (Å²) in [5.74, 6) is 1.24. The second-order valence-corrected chi connectivity index (χ2v) is 7.67. The molecule has 2 N–H and O–H groups in total. The van der Waals surface area contributed by atoms with Crippen LogP contribution in [0.5, 0.6) is 11.5 Å². The van der Waals surface area contributed by atoms with Gasteiger partial charge in [-0.25, -0.2) is 0 Å². The first-order valence-electron chi connectivity index (χ1n) is 9.80. The maximum absolute atomic E-state index is 11.0. The van der Waals surface area contributed by atoms with Gasteiger partial charge in [-0.1, -0.05) is 36.4 Å². The Kier molecular flexibility index (Phi) is 4.90. The van der Waals surface area contributed by atoms with E-state index in [0.717, 1.165) is 51.7 Å². The highest BCUT2D eigenvalue weighted by molar-refractivity contribution is 5.89. The van der Waals surface area contributed by atoms with Crippen molar-refractivity contribution < 1.29 is 14.9 Å². The molecule has 3 aromatic rings. The zero-order valence-corrected chi connectivity index (χ0v) is 16.6. The summed E-state index contributed by atoms with van der Waals surface area (Å²) in [6.45, 7) is 4.18. The third kappa shape index (κ3) is 2.98. The minimum Gasteiger partial charge on any atom is -0.507 e. The molecule has 0 bridgehead atoms. The Morgan fingerprint density at radius 1 is 1.04 bits per heavy atom. The minimum absolute atomic E-state index is 0.0222.